The quantitative estimate of drug-likeness (QED) is 0.811. The first-order valence-corrected chi connectivity index (χ1v) is 7.02. The van der Waals surface area contributed by atoms with Crippen LogP contribution in [0.1, 0.15) is 27.2 Å². The van der Waals surface area contributed by atoms with Gasteiger partial charge in [0.1, 0.15) is 5.75 Å². The molecular weight excluding hydrogens is 294 g/mol. The van der Waals surface area contributed by atoms with Gasteiger partial charge < -0.3 is 15.2 Å². The molecule has 2 N–H and O–H groups in total. The third-order valence-electron chi connectivity index (χ3n) is 3.41. The highest BCUT2D eigenvalue weighted by atomic mass is 35.5. The van der Waals surface area contributed by atoms with Crippen molar-refractivity contribution in [2.75, 3.05) is 6.61 Å². The van der Waals surface area contributed by atoms with Crippen LogP contribution in [-0.4, -0.2) is 29.1 Å². The fourth-order valence-electron chi connectivity index (χ4n) is 1.77. The van der Waals surface area contributed by atoms with Crippen molar-refractivity contribution < 1.29 is 19.4 Å². The Balaban J connectivity index is 2.63. The van der Waals surface area contributed by atoms with Crippen LogP contribution < -0.4 is 10.1 Å². The summed E-state index contributed by atoms with van der Waals surface area (Å²) in [6.07, 6.45) is -0.150. The predicted octanol–water partition coefficient (Wildman–Crippen LogP) is 2.72. The summed E-state index contributed by atoms with van der Waals surface area (Å²) in [6, 6.07) is 6.84. The minimum absolute atomic E-state index is 0.0298. The second-order valence-corrected chi connectivity index (χ2v) is 5.82. The fraction of sp³-hybridized carbons (Fsp3) is 0.467. The molecule has 0 aliphatic carbocycles. The van der Waals surface area contributed by atoms with Crippen molar-refractivity contribution in [1.82, 2.24) is 5.32 Å². The second-order valence-electron chi connectivity index (χ2n) is 5.41. The van der Waals surface area contributed by atoms with Crippen molar-refractivity contribution in [1.29, 1.82) is 0 Å². The van der Waals surface area contributed by atoms with E-state index < -0.39 is 11.5 Å². The zero-order valence-corrected chi connectivity index (χ0v) is 13.1. The molecule has 0 aliphatic heterocycles. The molecule has 0 bridgehead atoms. The molecule has 5 nitrogen and oxygen atoms in total. The average Bonchev–Trinajstić information content (AvgIpc) is 2.36. The summed E-state index contributed by atoms with van der Waals surface area (Å²) in [5.41, 5.74) is -0.827. The van der Waals surface area contributed by atoms with Crippen LogP contribution in [0.15, 0.2) is 24.3 Å². The molecule has 1 aromatic carbocycles. The fourth-order valence-corrected chi connectivity index (χ4v) is 1.96. The maximum atomic E-state index is 12.0. The predicted molar refractivity (Wildman–Crippen MR) is 80.6 cm³/mol. The molecule has 0 saturated heterocycles. The number of ether oxygens (including phenoxy) is 1. The minimum atomic E-state index is -0.960. The minimum Gasteiger partial charge on any atom is -0.482 e. The lowest BCUT2D eigenvalue weighted by molar-refractivity contribution is -0.139. The van der Waals surface area contributed by atoms with Gasteiger partial charge in [-0.3, -0.25) is 9.59 Å². The summed E-state index contributed by atoms with van der Waals surface area (Å²) in [6.45, 7) is 5.21. The summed E-state index contributed by atoms with van der Waals surface area (Å²) in [4.78, 5) is 22.9. The lowest BCUT2D eigenvalue weighted by Gasteiger charge is -2.33. The van der Waals surface area contributed by atoms with Crippen molar-refractivity contribution in [3.05, 3.63) is 29.3 Å². The number of rotatable bonds is 7. The maximum absolute atomic E-state index is 12.0. The van der Waals surface area contributed by atoms with Gasteiger partial charge in [-0.05, 0) is 25.0 Å². The molecule has 1 aromatic rings. The lowest BCUT2D eigenvalue weighted by Crippen LogP contribution is -2.52. The molecule has 1 unspecified atom stereocenters. The summed E-state index contributed by atoms with van der Waals surface area (Å²) in [5.74, 6) is -0.956. The van der Waals surface area contributed by atoms with Gasteiger partial charge in [0.05, 0.1) is 17.0 Å². The van der Waals surface area contributed by atoms with E-state index >= 15 is 0 Å². The number of carbonyl (C=O) groups is 2. The van der Waals surface area contributed by atoms with Crippen molar-refractivity contribution in [2.24, 2.45) is 5.92 Å². The topological polar surface area (TPSA) is 75.6 Å². The van der Waals surface area contributed by atoms with Crippen LogP contribution in [0.25, 0.3) is 0 Å². The van der Waals surface area contributed by atoms with E-state index in [0.29, 0.717) is 10.8 Å². The Labute approximate surface area is 129 Å². The van der Waals surface area contributed by atoms with E-state index in [-0.39, 0.29) is 24.9 Å². The first-order chi connectivity index (χ1) is 9.74. The number of amides is 1. The molecule has 0 spiro atoms. The summed E-state index contributed by atoms with van der Waals surface area (Å²) in [7, 11) is 0. The van der Waals surface area contributed by atoms with E-state index in [4.69, 9.17) is 21.4 Å². The molecular formula is C15H20ClNO4. The molecule has 0 radical (unpaired) electrons. The van der Waals surface area contributed by atoms with Crippen LogP contribution in [0.2, 0.25) is 5.02 Å². The Morgan fingerprint density at radius 1 is 1.38 bits per heavy atom. The molecule has 116 valence electrons. The Kier molecular flexibility index (Phi) is 6.03. The Morgan fingerprint density at radius 3 is 2.52 bits per heavy atom. The molecule has 0 heterocycles. The van der Waals surface area contributed by atoms with Crippen LogP contribution in [0.3, 0.4) is 0 Å². The van der Waals surface area contributed by atoms with E-state index in [0.717, 1.165) is 0 Å². The third kappa shape index (κ3) is 5.27. The number of aliphatic carboxylic acids is 1. The van der Waals surface area contributed by atoms with E-state index in [1.165, 1.54) is 0 Å². The normalized spacial score (nSPS) is 13.6. The van der Waals surface area contributed by atoms with Crippen molar-refractivity contribution in [3.63, 3.8) is 0 Å². The Morgan fingerprint density at radius 2 is 2.00 bits per heavy atom. The first kappa shape index (κ1) is 17.3. The average molecular weight is 314 g/mol. The molecule has 0 aliphatic rings. The van der Waals surface area contributed by atoms with E-state index in [9.17, 15) is 9.59 Å². The highest BCUT2D eigenvalue weighted by Gasteiger charge is 2.32. The smallest absolute Gasteiger partial charge is 0.305 e. The highest BCUT2D eigenvalue weighted by molar-refractivity contribution is 6.32. The van der Waals surface area contributed by atoms with Crippen LogP contribution >= 0.6 is 11.6 Å². The maximum Gasteiger partial charge on any atom is 0.305 e. The van der Waals surface area contributed by atoms with Gasteiger partial charge in [0.25, 0.3) is 5.91 Å². The zero-order valence-electron chi connectivity index (χ0n) is 12.4. The number of para-hydroxylation sites is 1. The first-order valence-electron chi connectivity index (χ1n) is 6.65. The van der Waals surface area contributed by atoms with E-state index in [2.05, 4.69) is 5.32 Å². The van der Waals surface area contributed by atoms with Gasteiger partial charge in [-0.15, -0.1) is 0 Å². The zero-order chi connectivity index (χ0) is 16.0. The Bertz CT molecular complexity index is 518. The van der Waals surface area contributed by atoms with Crippen molar-refractivity contribution in [2.45, 2.75) is 32.7 Å². The molecule has 1 amide bonds. The largest absolute Gasteiger partial charge is 0.482 e. The number of benzene rings is 1. The lowest BCUT2D eigenvalue weighted by atomic mass is 9.85. The second kappa shape index (κ2) is 7.31. The molecule has 0 aromatic heterocycles. The number of hydrogen-bond acceptors (Lipinski definition) is 3. The van der Waals surface area contributed by atoms with Gasteiger partial charge in [-0.25, -0.2) is 0 Å². The molecule has 0 saturated carbocycles. The number of carbonyl (C=O) groups excluding carboxylic acids is 1. The Hall–Kier alpha value is -1.75. The standard InChI is InChI=1S/C15H20ClNO4/c1-10(2)15(3,8-14(19)20)17-13(18)9-21-12-7-5-4-6-11(12)16/h4-7,10H,8-9H2,1-3H3,(H,17,18)(H,19,20). The van der Waals surface area contributed by atoms with Crippen LogP contribution in [-0.2, 0) is 9.59 Å². The number of carboxylic acids is 1. The molecule has 1 rings (SSSR count). The highest BCUT2D eigenvalue weighted by Crippen LogP contribution is 2.23. The van der Waals surface area contributed by atoms with Crippen LogP contribution in [0, 0.1) is 5.92 Å². The summed E-state index contributed by atoms with van der Waals surface area (Å²) in [5, 5.41) is 12.1. The van der Waals surface area contributed by atoms with Crippen LogP contribution in [0.4, 0.5) is 0 Å². The number of nitrogens with one attached hydrogen (secondary N) is 1. The van der Waals surface area contributed by atoms with Gasteiger partial charge in [-0.1, -0.05) is 37.6 Å². The molecule has 21 heavy (non-hydrogen) atoms. The molecule has 0 fully saturated rings. The third-order valence-corrected chi connectivity index (χ3v) is 3.73. The number of carboxylic acid groups (broad SMARTS) is 1. The SMILES string of the molecule is CC(C)C(C)(CC(=O)O)NC(=O)COc1ccccc1Cl. The summed E-state index contributed by atoms with van der Waals surface area (Å²) >= 11 is 5.93. The number of hydrogen-bond donors (Lipinski definition) is 2. The van der Waals surface area contributed by atoms with Gasteiger partial charge in [-0.2, -0.15) is 0 Å². The van der Waals surface area contributed by atoms with E-state index in [1.54, 1.807) is 31.2 Å². The van der Waals surface area contributed by atoms with Gasteiger partial charge in [0.2, 0.25) is 0 Å². The molecule has 6 heteroatoms. The van der Waals surface area contributed by atoms with Crippen molar-refractivity contribution >= 4 is 23.5 Å². The molecule has 1 atom stereocenters. The van der Waals surface area contributed by atoms with Gasteiger partial charge in [0.15, 0.2) is 6.61 Å². The van der Waals surface area contributed by atoms with Gasteiger partial charge >= 0.3 is 5.97 Å². The summed E-state index contributed by atoms with van der Waals surface area (Å²) < 4.78 is 5.34. The van der Waals surface area contributed by atoms with Crippen LogP contribution in [0.5, 0.6) is 5.75 Å². The van der Waals surface area contributed by atoms with Crippen molar-refractivity contribution in [3.8, 4) is 5.75 Å². The van der Waals surface area contributed by atoms with Gasteiger partial charge in [0, 0.05) is 0 Å². The number of halogens is 1. The monoisotopic (exact) mass is 313 g/mol. The van der Waals surface area contributed by atoms with E-state index in [1.807, 2.05) is 13.8 Å².